The Morgan fingerprint density at radius 2 is 2.08 bits per heavy atom. The Kier molecular flexibility index (Phi) is 4.79. The fourth-order valence-corrected chi connectivity index (χ4v) is 4.99. The Bertz CT molecular complexity index is 744. The summed E-state index contributed by atoms with van der Waals surface area (Å²) in [6.07, 6.45) is 4.61. The molecule has 0 unspecified atom stereocenters. The quantitative estimate of drug-likeness (QED) is 0.741. The van der Waals surface area contributed by atoms with E-state index < -0.39 is 0 Å². The van der Waals surface area contributed by atoms with Crippen LogP contribution in [-0.2, 0) is 13.0 Å². The van der Waals surface area contributed by atoms with Crippen LogP contribution in [0.2, 0.25) is 0 Å². The molecule has 2 heterocycles. The lowest BCUT2D eigenvalue weighted by atomic mass is 10.0. The third kappa shape index (κ3) is 3.19. The molecule has 0 aliphatic carbocycles. The number of aryl methyl sites for hydroxylation is 1. The molecule has 0 spiro atoms. The van der Waals surface area contributed by atoms with Gasteiger partial charge in [-0.1, -0.05) is 12.1 Å². The van der Waals surface area contributed by atoms with Crippen molar-refractivity contribution in [3.8, 4) is 0 Å². The maximum absolute atomic E-state index is 3.48. The fourth-order valence-electron chi connectivity index (χ4n) is 3.69. The summed E-state index contributed by atoms with van der Waals surface area (Å²) in [6.45, 7) is 4.58. The Morgan fingerprint density at radius 3 is 2.96 bits per heavy atom. The molecule has 0 amide bonds. The van der Waals surface area contributed by atoms with E-state index in [0.29, 0.717) is 6.04 Å². The second-order valence-electron chi connectivity index (χ2n) is 6.61. The van der Waals surface area contributed by atoms with Crippen molar-refractivity contribution in [3.05, 3.63) is 53.1 Å². The normalized spacial score (nSPS) is 18.4. The maximum Gasteiger partial charge on any atom is 0.0658 e. The minimum Gasteiger partial charge on any atom is -0.375 e. The van der Waals surface area contributed by atoms with Gasteiger partial charge in [-0.2, -0.15) is 0 Å². The summed E-state index contributed by atoms with van der Waals surface area (Å²) in [5, 5.41) is 3.48. The number of hydrogen-bond donors (Lipinski definition) is 1. The van der Waals surface area contributed by atoms with Crippen LogP contribution in [0.1, 0.15) is 36.1 Å². The van der Waals surface area contributed by atoms with Crippen molar-refractivity contribution in [3.63, 3.8) is 0 Å². The monoisotopic (exact) mass is 356 g/mol. The summed E-state index contributed by atoms with van der Waals surface area (Å²) in [7, 11) is 0. The predicted molar refractivity (Wildman–Crippen MR) is 106 cm³/mol. The smallest absolute Gasteiger partial charge is 0.0658 e. The minimum atomic E-state index is 0.453. The van der Waals surface area contributed by atoms with E-state index in [1.54, 1.807) is 5.56 Å². The van der Waals surface area contributed by atoms with E-state index in [1.165, 1.54) is 46.0 Å². The Morgan fingerprint density at radius 1 is 1.17 bits per heavy atom. The van der Waals surface area contributed by atoms with E-state index in [2.05, 4.69) is 59.8 Å². The van der Waals surface area contributed by atoms with Crippen molar-refractivity contribution < 1.29 is 0 Å². The first-order chi connectivity index (χ1) is 11.7. The highest BCUT2D eigenvalue weighted by atomic mass is 32.2. The van der Waals surface area contributed by atoms with Gasteiger partial charge in [0.1, 0.15) is 0 Å². The van der Waals surface area contributed by atoms with E-state index in [9.17, 15) is 0 Å². The van der Waals surface area contributed by atoms with Crippen LogP contribution in [-0.4, -0.2) is 23.6 Å². The molecule has 2 aliphatic rings. The lowest BCUT2D eigenvalue weighted by Crippen LogP contribution is -2.26. The van der Waals surface area contributed by atoms with Gasteiger partial charge < -0.3 is 5.32 Å². The molecule has 1 N–H and O–H groups in total. The van der Waals surface area contributed by atoms with Gasteiger partial charge in [0.25, 0.3) is 0 Å². The summed E-state index contributed by atoms with van der Waals surface area (Å²) in [4.78, 5) is 5.41. The summed E-state index contributed by atoms with van der Waals surface area (Å²) in [6, 6.07) is 14.4. The lowest BCUT2D eigenvalue weighted by Gasteiger charge is -2.28. The average molecular weight is 357 g/mol. The van der Waals surface area contributed by atoms with Gasteiger partial charge in [-0.15, -0.1) is 23.5 Å². The highest BCUT2D eigenvalue weighted by Crippen LogP contribution is 2.37. The first kappa shape index (κ1) is 16.4. The van der Waals surface area contributed by atoms with Crippen molar-refractivity contribution in [1.29, 1.82) is 0 Å². The summed E-state index contributed by atoms with van der Waals surface area (Å²) in [5.74, 6) is 1.00. The molecule has 0 bridgehead atoms. The number of anilines is 1. The summed E-state index contributed by atoms with van der Waals surface area (Å²) >= 11 is 3.74. The molecule has 0 saturated carbocycles. The zero-order valence-corrected chi connectivity index (χ0v) is 16.0. The van der Waals surface area contributed by atoms with Crippen LogP contribution >= 0.6 is 23.5 Å². The first-order valence-corrected chi connectivity index (χ1v) is 10.9. The Labute approximate surface area is 153 Å². The molecular formula is C20H24N2S2. The van der Waals surface area contributed by atoms with Crippen LogP contribution in [0.25, 0.3) is 0 Å². The van der Waals surface area contributed by atoms with Crippen molar-refractivity contribution in [2.24, 2.45) is 0 Å². The van der Waals surface area contributed by atoms with E-state index in [1.807, 2.05) is 23.5 Å². The molecule has 2 aromatic carbocycles. The molecular weight excluding hydrogens is 332 g/mol. The fraction of sp³-hybridized carbons (Fsp3) is 0.400. The van der Waals surface area contributed by atoms with Crippen molar-refractivity contribution >= 4 is 29.2 Å². The number of benzene rings is 2. The molecule has 2 nitrogen and oxygen atoms in total. The third-order valence-corrected chi connectivity index (χ3v) is 6.88. The van der Waals surface area contributed by atoms with E-state index in [4.69, 9.17) is 0 Å². The lowest BCUT2D eigenvalue weighted by molar-refractivity contribution is 0.205. The van der Waals surface area contributed by atoms with Crippen LogP contribution in [0.15, 0.2) is 46.2 Å². The van der Waals surface area contributed by atoms with Crippen molar-refractivity contribution in [2.75, 3.05) is 24.0 Å². The molecule has 0 aromatic heterocycles. The Balaban J connectivity index is 1.57. The van der Waals surface area contributed by atoms with Gasteiger partial charge in [0, 0.05) is 28.1 Å². The standard InChI is InChI=1S/C20H24N2S2/c1-14(15-6-8-20-19(11-15)21-13-24-20)22-9-3-4-16-10-18(23-2)7-5-17(16)12-22/h5-8,10-11,14,21H,3-4,9,12-13H2,1-2H3/t14-/m1/s1. The Hall–Kier alpha value is -1.10. The predicted octanol–water partition coefficient (Wildman–Crippen LogP) is 5.39. The molecule has 0 radical (unpaired) electrons. The maximum atomic E-state index is 3.48. The molecule has 0 saturated heterocycles. The second-order valence-corrected chi connectivity index (χ2v) is 8.50. The van der Waals surface area contributed by atoms with Gasteiger partial charge in [0.15, 0.2) is 0 Å². The van der Waals surface area contributed by atoms with Gasteiger partial charge in [-0.25, -0.2) is 0 Å². The largest absolute Gasteiger partial charge is 0.375 e. The summed E-state index contributed by atoms with van der Waals surface area (Å²) in [5.41, 5.74) is 5.78. The molecule has 2 aliphatic heterocycles. The number of fused-ring (bicyclic) bond motifs is 2. The van der Waals surface area contributed by atoms with E-state index in [0.717, 1.165) is 12.4 Å². The molecule has 2 aromatic rings. The molecule has 4 rings (SSSR count). The van der Waals surface area contributed by atoms with Gasteiger partial charge in [-0.3, -0.25) is 4.90 Å². The zero-order valence-electron chi connectivity index (χ0n) is 14.3. The first-order valence-electron chi connectivity index (χ1n) is 8.65. The molecule has 1 atom stereocenters. The summed E-state index contributed by atoms with van der Waals surface area (Å²) < 4.78 is 0. The van der Waals surface area contributed by atoms with E-state index >= 15 is 0 Å². The van der Waals surface area contributed by atoms with Gasteiger partial charge >= 0.3 is 0 Å². The van der Waals surface area contributed by atoms with Gasteiger partial charge in [-0.05, 0) is 73.5 Å². The van der Waals surface area contributed by atoms with Gasteiger partial charge in [0.2, 0.25) is 0 Å². The molecule has 126 valence electrons. The average Bonchev–Trinajstić information content (AvgIpc) is 2.98. The van der Waals surface area contributed by atoms with Crippen molar-refractivity contribution in [2.45, 2.75) is 42.1 Å². The van der Waals surface area contributed by atoms with E-state index in [-0.39, 0.29) is 0 Å². The number of nitrogens with one attached hydrogen (secondary N) is 1. The molecule has 0 fully saturated rings. The number of thioether (sulfide) groups is 2. The highest BCUT2D eigenvalue weighted by Gasteiger charge is 2.22. The van der Waals surface area contributed by atoms with Crippen LogP contribution in [0, 0.1) is 0 Å². The number of nitrogens with zero attached hydrogens (tertiary/aromatic N) is 1. The topological polar surface area (TPSA) is 15.3 Å². The molecule has 24 heavy (non-hydrogen) atoms. The molecule has 4 heteroatoms. The van der Waals surface area contributed by atoms with Gasteiger partial charge in [0.05, 0.1) is 5.88 Å². The SMILES string of the molecule is CSc1ccc2c(c1)CCCN([C@H](C)c1ccc3c(c1)NCS3)C2. The van der Waals surface area contributed by atoms with Crippen LogP contribution in [0.5, 0.6) is 0 Å². The number of hydrogen-bond acceptors (Lipinski definition) is 4. The van der Waals surface area contributed by atoms with Crippen LogP contribution in [0.3, 0.4) is 0 Å². The minimum absolute atomic E-state index is 0.453. The number of rotatable bonds is 3. The second kappa shape index (κ2) is 7.03. The zero-order chi connectivity index (χ0) is 16.5. The van der Waals surface area contributed by atoms with Crippen LogP contribution in [0.4, 0.5) is 5.69 Å². The van der Waals surface area contributed by atoms with Crippen molar-refractivity contribution in [1.82, 2.24) is 4.90 Å². The third-order valence-electron chi connectivity index (χ3n) is 5.20. The highest BCUT2D eigenvalue weighted by molar-refractivity contribution is 7.99. The van der Waals surface area contributed by atoms with Crippen LogP contribution < -0.4 is 5.32 Å².